The first-order chi connectivity index (χ1) is 4.83. The molecule has 0 aromatic heterocycles. The van der Waals surface area contributed by atoms with Crippen LogP contribution in [0.15, 0.2) is 0 Å². The first kappa shape index (κ1) is 8.78. The molecule has 0 saturated heterocycles. The minimum Gasteiger partial charge on any atom is -0.316 e. The van der Waals surface area contributed by atoms with E-state index in [-0.39, 0.29) is 0 Å². The highest BCUT2D eigenvalue weighted by molar-refractivity contribution is 14.1. The summed E-state index contributed by atoms with van der Waals surface area (Å²) in [5, 5.41) is 0. The summed E-state index contributed by atoms with van der Waals surface area (Å²) in [6.45, 7) is 3.31. The molecule has 0 radical (unpaired) electrons. The van der Waals surface area contributed by atoms with E-state index in [1.165, 1.54) is 25.7 Å². The van der Waals surface area contributed by atoms with Crippen molar-refractivity contribution in [1.29, 1.82) is 0 Å². The van der Waals surface area contributed by atoms with Gasteiger partial charge in [-0.15, -0.1) is 0 Å². The van der Waals surface area contributed by atoms with Crippen LogP contribution >= 0.6 is 23.0 Å². The first-order valence-corrected chi connectivity index (χ1v) is 4.94. The van der Waals surface area contributed by atoms with E-state index in [0.29, 0.717) is 0 Å². The SMILES string of the molecule is CC1CCC(COI)CC1. The van der Waals surface area contributed by atoms with Crippen LogP contribution in [-0.4, -0.2) is 6.61 Å². The van der Waals surface area contributed by atoms with Gasteiger partial charge in [0.25, 0.3) is 0 Å². The van der Waals surface area contributed by atoms with Crippen LogP contribution in [0.5, 0.6) is 0 Å². The lowest BCUT2D eigenvalue weighted by molar-refractivity contribution is 0.224. The zero-order valence-corrected chi connectivity index (χ0v) is 8.63. The zero-order chi connectivity index (χ0) is 7.40. The summed E-state index contributed by atoms with van der Waals surface area (Å²) in [7, 11) is 0. The molecule has 0 amide bonds. The molecule has 0 atom stereocenters. The number of rotatable bonds is 2. The largest absolute Gasteiger partial charge is 0.316 e. The second kappa shape index (κ2) is 4.54. The van der Waals surface area contributed by atoms with Crippen LogP contribution in [0, 0.1) is 11.8 Å². The molecule has 0 unspecified atom stereocenters. The Bertz CT molecular complexity index is 87.3. The quantitative estimate of drug-likeness (QED) is 0.687. The van der Waals surface area contributed by atoms with E-state index in [4.69, 9.17) is 3.07 Å². The predicted octanol–water partition coefficient (Wildman–Crippen LogP) is 3.18. The molecule has 2 heteroatoms. The summed E-state index contributed by atoms with van der Waals surface area (Å²) >= 11 is 2.00. The fourth-order valence-corrected chi connectivity index (χ4v) is 2.09. The maximum atomic E-state index is 5.09. The molecular weight excluding hydrogens is 239 g/mol. The molecule has 0 N–H and O–H groups in total. The van der Waals surface area contributed by atoms with Crippen LogP contribution in [0.25, 0.3) is 0 Å². The van der Waals surface area contributed by atoms with Crippen molar-refractivity contribution < 1.29 is 3.07 Å². The third kappa shape index (κ3) is 2.74. The minimum absolute atomic E-state index is 0.855. The third-order valence-corrected chi connectivity index (χ3v) is 2.79. The molecule has 1 nitrogen and oxygen atoms in total. The van der Waals surface area contributed by atoms with Crippen molar-refractivity contribution in [2.75, 3.05) is 6.61 Å². The van der Waals surface area contributed by atoms with E-state index in [9.17, 15) is 0 Å². The Morgan fingerprint density at radius 1 is 1.30 bits per heavy atom. The summed E-state index contributed by atoms with van der Waals surface area (Å²) in [4.78, 5) is 0. The van der Waals surface area contributed by atoms with E-state index >= 15 is 0 Å². The van der Waals surface area contributed by atoms with E-state index in [2.05, 4.69) is 6.92 Å². The fraction of sp³-hybridized carbons (Fsp3) is 1.00. The highest BCUT2D eigenvalue weighted by Crippen LogP contribution is 2.28. The molecule has 0 aliphatic heterocycles. The molecular formula is C8H15IO. The Labute approximate surface area is 77.2 Å². The zero-order valence-electron chi connectivity index (χ0n) is 6.48. The van der Waals surface area contributed by atoms with Gasteiger partial charge >= 0.3 is 0 Å². The summed E-state index contributed by atoms with van der Waals surface area (Å²) in [5.41, 5.74) is 0. The van der Waals surface area contributed by atoms with Gasteiger partial charge in [-0.25, -0.2) is 0 Å². The lowest BCUT2D eigenvalue weighted by Gasteiger charge is -2.24. The molecule has 0 spiro atoms. The summed E-state index contributed by atoms with van der Waals surface area (Å²) < 4.78 is 5.09. The van der Waals surface area contributed by atoms with Crippen LogP contribution in [0.1, 0.15) is 32.6 Å². The number of hydrogen-bond acceptors (Lipinski definition) is 1. The van der Waals surface area contributed by atoms with Gasteiger partial charge in [-0.05, 0) is 24.7 Å². The van der Waals surface area contributed by atoms with Gasteiger partial charge in [-0.3, -0.25) is 0 Å². The van der Waals surface area contributed by atoms with E-state index in [1.807, 2.05) is 23.0 Å². The van der Waals surface area contributed by atoms with Gasteiger partial charge in [0.2, 0.25) is 0 Å². The smallest absolute Gasteiger partial charge is 0.109 e. The van der Waals surface area contributed by atoms with Crippen molar-refractivity contribution >= 4 is 23.0 Å². The fourth-order valence-electron chi connectivity index (χ4n) is 1.58. The molecule has 0 aromatic rings. The van der Waals surface area contributed by atoms with Gasteiger partial charge in [0.1, 0.15) is 23.0 Å². The predicted molar refractivity (Wildman–Crippen MR) is 51.1 cm³/mol. The first-order valence-electron chi connectivity index (χ1n) is 4.06. The highest BCUT2D eigenvalue weighted by atomic mass is 127. The summed E-state index contributed by atoms with van der Waals surface area (Å²) in [6, 6.07) is 0. The molecule has 0 bridgehead atoms. The monoisotopic (exact) mass is 254 g/mol. The average molecular weight is 254 g/mol. The Morgan fingerprint density at radius 3 is 2.40 bits per heavy atom. The second-order valence-corrected chi connectivity index (χ2v) is 4.02. The van der Waals surface area contributed by atoms with Gasteiger partial charge < -0.3 is 3.07 Å². The Hall–Kier alpha value is 0.690. The van der Waals surface area contributed by atoms with Crippen LogP contribution in [0.4, 0.5) is 0 Å². The van der Waals surface area contributed by atoms with Crippen molar-refractivity contribution in [2.45, 2.75) is 32.6 Å². The third-order valence-electron chi connectivity index (χ3n) is 2.43. The van der Waals surface area contributed by atoms with Crippen molar-refractivity contribution in [1.82, 2.24) is 0 Å². The molecule has 0 heterocycles. The lowest BCUT2D eigenvalue weighted by Crippen LogP contribution is -2.15. The molecule has 0 aromatic carbocycles. The van der Waals surface area contributed by atoms with Gasteiger partial charge in [0.15, 0.2) is 0 Å². The molecule has 60 valence electrons. The Balaban J connectivity index is 2.13. The van der Waals surface area contributed by atoms with Crippen LogP contribution in [0.3, 0.4) is 0 Å². The van der Waals surface area contributed by atoms with Crippen molar-refractivity contribution in [3.05, 3.63) is 0 Å². The van der Waals surface area contributed by atoms with Crippen molar-refractivity contribution in [3.63, 3.8) is 0 Å². The molecule has 1 saturated carbocycles. The van der Waals surface area contributed by atoms with Gasteiger partial charge in [-0.1, -0.05) is 19.8 Å². The topological polar surface area (TPSA) is 9.23 Å². The summed E-state index contributed by atoms with van der Waals surface area (Å²) in [5.74, 6) is 1.82. The van der Waals surface area contributed by atoms with E-state index in [1.54, 1.807) is 0 Å². The lowest BCUT2D eigenvalue weighted by atomic mass is 9.84. The summed E-state index contributed by atoms with van der Waals surface area (Å²) in [6.07, 6.45) is 5.57. The van der Waals surface area contributed by atoms with Crippen LogP contribution in [0.2, 0.25) is 0 Å². The maximum Gasteiger partial charge on any atom is 0.109 e. The van der Waals surface area contributed by atoms with E-state index in [0.717, 1.165) is 18.4 Å². The van der Waals surface area contributed by atoms with Crippen LogP contribution < -0.4 is 0 Å². The minimum atomic E-state index is 0.855. The van der Waals surface area contributed by atoms with Gasteiger partial charge in [0.05, 0.1) is 6.61 Å². The number of halogens is 1. The van der Waals surface area contributed by atoms with Crippen LogP contribution in [-0.2, 0) is 3.07 Å². The molecule has 10 heavy (non-hydrogen) atoms. The highest BCUT2D eigenvalue weighted by Gasteiger charge is 2.17. The second-order valence-electron chi connectivity index (χ2n) is 3.40. The maximum absolute atomic E-state index is 5.09. The standard InChI is InChI=1S/C8H15IO/c1-7-2-4-8(5-3-7)6-10-9/h7-8H,2-6H2,1H3. The number of hydrogen-bond donors (Lipinski definition) is 0. The average Bonchev–Trinajstić information content (AvgIpc) is 1.95. The van der Waals surface area contributed by atoms with Gasteiger partial charge in [-0.2, -0.15) is 0 Å². The van der Waals surface area contributed by atoms with E-state index < -0.39 is 0 Å². The molecule has 1 fully saturated rings. The molecule has 1 aliphatic rings. The van der Waals surface area contributed by atoms with Gasteiger partial charge in [0, 0.05) is 0 Å². The Morgan fingerprint density at radius 2 is 1.90 bits per heavy atom. The Kier molecular flexibility index (Phi) is 3.99. The van der Waals surface area contributed by atoms with Crippen molar-refractivity contribution in [3.8, 4) is 0 Å². The normalized spacial score (nSPS) is 34.2. The molecule has 1 aliphatic carbocycles. The van der Waals surface area contributed by atoms with Crippen molar-refractivity contribution in [2.24, 2.45) is 11.8 Å². The molecule has 1 rings (SSSR count).